The van der Waals surface area contributed by atoms with E-state index in [0.717, 1.165) is 38.6 Å². The molecule has 0 unspecified atom stereocenters. The molecule has 4 aromatic rings. The SMILES string of the molecule is CCNc1nnc(S[C@@H](C)C(=O)Nc2ccc(Cc3nc4ccccc4s3)cc2)s1. The van der Waals surface area contributed by atoms with E-state index in [0.29, 0.717) is 0 Å². The van der Waals surface area contributed by atoms with E-state index in [1.54, 1.807) is 11.3 Å². The molecule has 0 saturated heterocycles. The molecule has 154 valence electrons. The molecule has 0 bridgehead atoms. The zero-order chi connectivity index (χ0) is 20.9. The number of amides is 1. The topological polar surface area (TPSA) is 79.8 Å². The molecule has 2 aromatic heterocycles. The fourth-order valence-corrected chi connectivity index (χ4v) is 5.77. The van der Waals surface area contributed by atoms with Gasteiger partial charge in [-0.15, -0.1) is 21.5 Å². The highest BCUT2D eigenvalue weighted by molar-refractivity contribution is 8.02. The van der Waals surface area contributed by atoms with Crippen LogP contribution >= 0.6 is 34.4 Å². The molecule has 0 radical (unpaired) electrons. The van der Waals surface area contributed by atoms with Gasteiger partial charge in [0.1, 0.15) is 0 Å². The van der Waals surface area contributed by atoms with Gasteiger partial charge in [0.15, 0.2) is 4.34 Å². The van der Waals surface area contributed by atoms with Gasteiger partial charge in [-0.1, -0.05) is 47.4 Å². The first-order valence-corrected chi connectivity index (χ1v) is 12.1. The van der Waals surface area contributed by atoms with Gasteiger partial charge in [-0.05, 0) is 43.7 Å². The largest absolute Gasteiger partial charge is 0.360 e. The average molecular weight is 456 g/mol. The van der Waals surface area contributed by atoms with Crippen LogP contribution in [0.1, 0.15) is 24.4 Å². The highest BCUT2D eigenvalue weighted by Crippen LogP contribution is 2.29. The first-order valence-electron chi connectivity index (χ1n) is 9.59. The van der Waals surface area contributed by atoms with Gasteiger partial charge < -0.3 is 10.6 Å². The minimum atomic E-state index is -0.269. The second kappa shape index (κ2) is 9.55. The molecule has 1 amide bonds. The lowest BCUT2D eigenvalue weighted by Crippen LogP contribution is -2.22. The molecule has 1 atom stereocenters. The molecular weight excluding hydrogens is 434 g/mol. The number of aromatic nitrogens is 3. The van der Waals surface area contributed by atoms with E-state index in [-0.39, 0.29) is 11.2 Å². The van der Waals surface area contributed by atoms with E-state index in [9.17, 15) is 4.79 Å². The molecule has 9 heteroatoms. The van der Waals surface area contributed by atoms with Crippen molar-refractivity contribution in [1.82, 2.24) is 15.2 Å². The van der Waals surface area contributed by atoms with E-state index >= 15 is 0 Å². The molecule has 0 aliphatic rings. The molecule has 30 heavy (non-hydrogen) atoms. The van der Waals surface area contributed by atoms with E-state index in [2.05, 4.69) is 31.9 Å². The molecule has 0 aliphatic carbocycles. The van der Waals surface area contributed by atoms with Crippen LogP contribution in [0, 0.1) is 0 Å². The van der Waals surface area contributed by atoms with Crippen molar-refractivity contribution in [3.8, 4) is 0 Å². The molecule has 0 aliphatic heterocycles. The fourth-order valence-electron chi connectivity index (χ4n) is 2.80. The summed E-state index contributed by atoms with van der Waals surface area (Å²) in [6, 6.07) is 16.1. The summed E-state index contributed by atoms with van der Waals surface area (Å²) in [5.41, 5.74) is 2.99. The second-order valence-corrected chi connectivity index (χ2v) is 10.3. The third kappa shape index (κ3) is 5.16. The molecule has 4 rings (SSSR count). The maximum atomic E-state index is 12.5. The van der Waals surface area contributed by atoms with Crippen molar-refractivity contribution in [2.24, 2.45) is 0 Å². The summed E-state index contributed by atoms with van der Waals surface area (Å²) in [7, 11) is 0. The monoisotopic (exact) mass is 455 g/mol. The first kappa shape index (κ1) is 20.8. The van der Waals surface area contributed by atoms with Crippen LogP contribution in [0.5, 0.6) is 0 Å². The van der Waals surface area contributed by atoms with Crippen LogP contribution in [0.4, 0.5) is 10.8 Å². The lowest BCUT2D eigenvalue weighted by atomic mass is 10.1. The molecule has 2 aromatic carbocycles. The van der Waals surface area contributed by atoms with Crippen molar-refractivity contribution in [2.45, 2.75) is 29.9 Å². The Bertz CT molecular complexity index is 1110. The predicted molar refractivity (Wildman–Crippen MR) is 127 cm³/mol. The van der Waals surface area contributed by atoms with Crippen LogP contribution in [0.25, 0.3) is 10.2 Å². The number of hydrogen-bond donors (Lipinski definition) is 2. The Morgan fingerprint density at radius 2 is 1.90 bits per heavy atom. The van der Waals surface area contributed by atoms with Crippen LogP contribution < -0.4 is 10.6 Å². The van der Waals surface area contributed by atoms with E-state index < -0.39 is 0 Å². The number of thioether (sulfide) groups is 1. The Morgan fingerprint density at radius 1 is 1.10 bits per heavy atom. The average Bonchev–Trinajstić information content (AvgIpc) is 3.35. The van der Waals surface area contributed by atoms with E-state index in [4.69, 9.17) is 0 Å². The zero-order valence-corrected chi connectivity index (χ0v) is 19.0. The Kier molecular flexibility index (Phi) is 6.61. The lowest BCUT2D eigenvalue weighted by molar-refractivity contribution is -0.115. The van der Waals surface area contributed by atoms with Gasteiger partial charge in [0, 0.05) is 18.7 Å². The van der Waals surface area contributed by atoms with Gasteiger partial charge in [-0.3, -0.25) is 4.79 Å². The Labute approximate surface area is 187 Å². The number of thiazole rings is 1. The van der Waals surface area contributed by atoms with Gasteiger partial charge in [0.2, 0.25) is 11.0 Å². The summed E-state index contributed by atoms with van der Waals surface area (Å²) in [5.74, 6) is -0.0564. The third-order valence-electron chi connectivity index (χ3n) is 4.30. The van der Waals surface area contributed by atoms with Crippen LogP contribution in [0.15, 0.2) is 52.9 Å². The van der Waals surface area contributed by atoms with Crippen molar-refractivity contribution in [3.05, 3.63) is 59.1 Å². The summed E-state index contributed by atoms with van der Waals surface area (Å²) in [6.07, 6.45) is 0.783. The van der Waals surface area contributed by atoms with Crippen LogP contribution in [-0.4, -0.2) is 32.9 Å². The molecule has 6 nitrogen and oxygen atoms in total. The maximum Gasteiger partial charge on any atom is 0.237 e. The minimum Gasteiger partial charge on any atom is -0.360 e. The Balaban J connectivity index is 1.33. The van der Waals surface area contributed by atoms with Crippen LogP contribution in [0.3, 0.4) is 0 Å². The number of rotatable bonds is 8. The zero-order valence-electron chi connectivity index (χ0n) is 16.6. The Morgan fingerprint density at radius 3 is 2.67 bits per heavy atom. The second-order valence-electron chi connectivity index (χ2n) is 6.60. The summed E-state index contributed by atoms with van der Waals surface area (Å²) < 4.78 is 1.98. The molecular formula is C21H21N5OS3. The smallest absolute Gasteiger partial charge is 0.237 e. The van der Waals surface area contributed by atoms with E-state index in [1.807, 2.05) is 56.3 Å². The van der Waals surface area contributed by atoms with E-state index in [1.165, 1.54) is 33.4 Å². The molecule has 0 fully saturated rings. The van der Waals surface area contributed by atoms with Crippen molar-refractivity contribution < 1.29 is 4.79 Å². The number of fused-ring (bicyclic) bond motifs is 1. The van der Waals surface area contributed by atoms with Crippen molar-refractivity contribution in [3.63, 3.8) is 0 Å². The van der Waals surface area contributed by atoms with Crippen molar-refractivity contribution in [1.29, 1.82) is 0 Å². The first-order chi connectivity index (χ1) is 14.6. The Hall–Kier alpha value is -2.49. The number of hydrogen-bond acceptors (Lipinski definition) is 8. The third-order valence-corrected chi connectivity index (χ3v) is 7.40. The van der Waals surface area contributed by atoms with Gasteiger partial charge >= 0.3 is 0 Å². The number of anilines is 2. The van der Waals surface area contributed by atoms with Gasteiger partial charge in [0.05, 0.1) is 20.5 Å². The van der Waals surface area contributed by atoms with Crippen LogP contribution in [0.2, 0.25) is 0 Å². The van der Waals surface area contributed by atoms with Gasteiger partial charge in [-0.25, -0.2) is 4.98 Å². The number of nitrogens with one attached hydrogen (secondary N) is 2. The molecule has 0 spiro atoms. The maximum absolute atomic E-state index is 12.5. The number of carbonyl (C=O) groups is 1. The normalized spacial score (nSPS) is 12.1. The highest BCUT2D eigenvalue weighted by Gasteiger charge is 2.17. The standard InChI is InChI=1S/C21H21N5OS3/c1-3-22-20-25-26-21(30-20)28-13(2)19(27)23-15-10-8-14(9-11-15)12-18-24-16-6-4-5-7-17(16)29-18/h4-11,13H,3,12H2,1-2H3,(H,22,25)(H,23,27)/t13-/m0/s1. The van der Waals surface area contributed by atoms with Crippen molar-refractivity contribution in [2.75, 3.05) is 17.2 Å². The molecule has 2 heterocycles. The highest BCUT2D eigenvalue weighted by atomic mass is 32.2. The van der Waals surface area contributed by atoms with Crippen molar-refractivity contribution >= 4 is 61.4 Å². The quantitative estimate of drug-likeness (QED) is 0.352. The summed E-state index contributed by atoms with van der Waals surface area (Å²) in [6.45, 7) is 4.68. The number of nitrogens with zero attached hydrogens (tertiary/aromatic N) is 3. The predicted octanol–water partition coefficient (Wildman–Crippen LogP) is 5.29. The molecule has 0 saturated carbocycles. The lowest BCUT2D eigenvalue weighted by Gasteiger charge is -2.10. The van der Waals surface area contributed by atoms with Gasteiger partial charge in [-0.2, -0.15) is 0 Å². The minimum absolute atomic E-state index is 0.0564. The number of para-hydroxylation sites is 1. The van der Waals surface area contributed by atoms with Crippen LogP contribution in [-0.2, 0) is 11.2 Å². The number of carbonyl (C=O) groups excluding carboxylic acids is 1. The fraction of sp³-hybridized carbons (Fsp3) is 0.238. The summed E-state index contributed by atoms with van der Waals surface area (Å²) in [5, 5.41) is 15.9. The summed E-state index contributed by atoms with van der Waals surface area (Å²) >= 11 is 4.59. The van der Waals surface area contributed by atoms with Gasteiger partial charge in [0.25, 0.3) is 0 Å². The summed E-state index contributed by atoms with van der Waals surface area (Å²) in [4.78, 5) is 17.2. The molecule has 2 N–H and O–H groups in total. The number of benzene rings is 2.